The van der Waals surface area contributed by atoms with Crippen molar-refractivity contribution in [3.05, 3.63) is 24.3 Å². The quantitative estimate of drug-likeness (QED) is 0.774. The van der Waals surface area contributed by atoms with E-state index in [9.17, 15) is 18.3 Å². The van der Waals surface area contributed by atoms with Gasteiger partial charge >= 0.3 is 5.97 Å². The molecule has 0 amide bonds. The summed E-state index contributed by atoms with van der Waals surface area (Å²) in [4.78, 5) is 11.7. The second-order valence-corrected chi connectivity index (χ2v) is 9.69. The Morgan fingerprint density at radius 3 is 2.43 bits per heavy atom. The summed E-state index contributed by atoms with van der Waals surface area (Å²) < 4.78 is 38.5. The molecular weight excluding hydrogens is 382 g/mol. The topological polar surface area (TPSA) is 93.1 Å². The zero-order valence-electron chi connectivity index (χ0n) is 16.4. The highest BCUT2D eigenvalue weighted by molar-refractivity contribution is 7.89. The summed E-state index contributed by atoms with van der Waals surface area (Å²) in [6.45, 7) is 3.97. The van der Waals surface area contributed by atoms with Crippen LogP contribution in [0.3, 0.4) is 0 Å². The van der Waals surface area contributed by atoms with Crippen molar-refractivity contribution in [3.63, 3.8) is 0 Å². The van der Waals surface area contributed by atoms with Gasteiger partial charge in [0.25, 0.3) is 0 Å². The predicted octanol–water partition coefficient (Wildman–Crippen LogP) is 2.90. The van der Waals surface area contributed by atoms with Gasteiger partial charge in [0.1, 0.15) is 11.8 Å². The first-order chi connectivity index (χ1) is 13.3. The van der Waals surface area contributed by atoms with Gasteiger partial charge in [0, 0.05) is 6.54 Å². The average molecular weight is 412 g/mol. The number of aliphatic carboxylic acids is 1. The summed E-state index contributed by atoms with van der Waals surface area (Å²) >= 11 is 0. The van der Waals surface area contributed by atoms with E-state index in [0.29, 0.717) is 18.3 Å². The van der Waals surface area contributed by atoms with Crippen LogP contribution in [0.4, 0.5) is 0 Å². The normalized spacial score (nSPS) is 27.4. The zero-order chi connectivity index (χ0) is 20.3. The second-order valence-electron chi connectivity index (χ2n) is 7.80. The zero-order valence-corrected chi connectivity index (χ0v) is 17.2. The molecule has 2 fully saturated rings. The van der Waals surface area contributed by atoms with Crippen LogP contribution in [0.15, 0.2) is 29.2 Å². The lowest BCUT2D eigenvalue weighted by Crippen LogP contribution is -2.58. The number of nitrogens with zero attached hydrogens (tertiary/aromatic N) is 1. The number of carboxylic acids is 1. The molecule has 7 nitrogen and oxygen atoms in total. The summed E-state index contributed by atoms with van der Waals surface area (Å²) in [6, 6.07) is 4.99. The Bertz CT molecular complexity index is 772. The summed E-state index contributed by atoms with van der Waals surface area (Å²) in [6.07, 6.45) is 5.03. The van der Waals surface area contributed by atoms with Crippen LogP contribution in [-0.4, -0.2) is 55.2 Å². The molecule has 2 aliphatic rings. The Kier molecular flexibility index (Phi) is 6.62. The predicted molar refractivity (Wildman–Crippen MR) is 104 cm³/mol. The molecule has 1 aromatic rings. The third kappa shape index (κ3) is 4.67. The lowest BCUT2D eigenvalue weighted by Gasteiger charge is -2.39. The van der Waals surface area contributed by atoms with Gasteiger partial charge in [-0.1, -0.05) is 19.3 Å². The van der Waals surface area contributed by atoms with Gasteiger partial charge in [0.2, 0.25) is 10.0 Å². The minimum absolute atomic E-state index is 0.00354. The van der Waals surface area contributed by atoms with Crippen LogP contribution in [0.5, 0.6) is 5.75 Å². The summed E-state index contributed by atoms with van der Waals surface area (Å²) in [5.74, 6) is -0.0248. The number of ether oxygens (including phenoxy) is 2. The van der Waals surface area contributed by atoms with Crippen molar-refractivity contribution in [2.75, 3.05) is 13.2 Å². The number of hydrogen-bond donors (Lipinski definition) is 1. The van der Waals surface area contributed by atoms with Gasteiger partial charge < -0.3 is 14.6 Å². The lowest BCUT2D eigenvalue weighted by atomic mass is 9.90. The maximum Gasteiger partial charge on any atom is 0.324 e. The smallest absolute Gasteiger partial charge is 0.324 e. The average Bonchev–Trinajstić information content (AvgIpc) is 2.66. The van der Waals surface area contributed by atoms with E-state index >= 15 is 0 Å². The lowest BCUT2D eigenvalue weighted by molar-refractivity contribution is -0.155. The number of morpholine rings is 1. The summed E-state index contributed by atoms with van der Waals surface area (Å²) in [7, 11) is -3.96. The molecule has 8 heteroatoms. The summed E-state index contributed by atoms with van der Waals surface area (Å²) in [5, 5.41) is 9.51. The van der Waals surface area contributed by atoms with Crippen molar-refractivity contribution in [1.29, 1.82) is 0 Å². The van der Waals surface area contributed by atoms with Crippen LogP contribution in [0.25, 0.3) is 0 Å². The first-order valence-corrected chi connectivity index (χ1v) is 11.4. The maximum atomic E-state index is 13.1. The Labute approximate surface area is 166 Å². The fraction of sp³-hybridized carbons (Fsp3) is 0.650. The standard InChI is InChI=1S/C20H29NO6S/c1-14-12-21(19(20(22)23)15(2)27-14)28(24,25)18-10-8-17(9-11-18)26-13-16-6-4-3-5-7-16/h8-11,14-16,19H,3-7,12-13H2,1-2H3,(H,22,23)/t14-,15-,19+/m0/s1. The fourth-order valence-electron chi connectivity index (χ4n) is 4.07. The monoisotopic (exact) mass is 411 g/mol. The van der Waals surface area contributed by atoms with E-state index in [-0.39, 0.29) is 17.5 Å². The van der Waals surface area contributed by atoms with Crippen molar-refractivity contribution in [2.24, 2.45) is 5.92 Å². The number of rotatable bonds is 6. The molecule has 1 heterocycles. The Morgan fingerprint density at radius 1 is 1.18 bits per heavy atom. The van der Waals surface area contributed by atoms with Crippen molar-refractivity contribution in [1.82, 2.24) is 4.31 Å². The van der Waals surface area contributed by atoms with Crippen LogP contribution < -0.4 is 4.74 Å². The molecule has 0 aromatic heterocycles. The molecule has 0 radical (unpaired) electrons. The molecule has 1 aliphatic heterocycles. The molecule has 156 valence electrons. The van der Waals surface area contributed by atoms with Gasteiger partial charge in [-0.25, -0.2) is 8.42 Å². The molecule has 28 heavy (non-hydrogen) atoms. The SMILES string of the molecule is C[C@@H]1O[C@@H](C)CN(S(=O)(=O)c2ccc(OCC3CCCCC3)cc2)[C@H]1C(=O)O. The fourth-order valence-corrected chi connectivity index (χ4v) is 5.79. The molecule has 1 saturated heterocycles. The third-order valence-electron chi connectivity index (χ3n) is 5.53. The van der Waals surface area contributed by atoms with Crippen LogP contribution in [0, 0.1) is 5.92 Å². The van der Waals surface area contributed by atoms with E-state index < -0.39 is 28.1 Å². The van der Waals surface area contributed by atoms with Crippen molar-refractivity contribution in [2.45, 2.75) is 69.1 Å². The van der Waals surface area contributed by atoms with E-state index in [4.69, 9.17) is 9.47 Å². The number of benzene rings is 1. The molecular formula is C20H29NO6S. The number of hydrogen-bond acceptors (Lipinski definition) is 5. The van der Waals surface area contributed by atoms with E-state index in [2.05, 4.69) is 0 Å². The molecule has 0 spiro atoms. The molecule has 3 atom stereocenters. The molecule has 3 rings (SSSR count). The Hall–Kier alpha value is -1.64. The maximum absolute atomic E-state index is 13.1. The van der Waals surface area contributed by atoms with Gasteiger partial charge in [-0.15, -0.1) is 0 Å². The van der Waals surface area contributed by atoms with E-state index in [1.807, 2.05) is 0 Å². The number of sulfonamides is 1. The molecule has 0 unspecified atom stereocenters. The molecule has 1 aliphatic carbocycles. The summed E-state index contributed by atoms with van der Waals surface area (Å²) in [5.41, 5.74) is 0. The first-order valence-electron chi connectivity index (χ1n) is 9.92. The minimum Gasteiger partial charge on any atom is -0.493 e. The van der Waals surface area contributed by atoms with Gasteiger partial charge in [-0.05, 0) is 56.9 Å². The highest BCUT2D eigenvalue weighted by atomic mass is 32.2. The van der Waals surface area contributed by atoms with E-state index in [1.54, 1.807) is 26.0 Å². The molecule has 1 N–H and O–H groups in total. The Morgan fingerprint density at radius 2 is 1.82 bits per heavy atom. The van der Waals surface area contributed by atoms with Crippen molar-refractivity contribution >= 4 is 16.0 Å². The first kappa shape index (κ1) is 21.1. The van der Waals surface area contributed by atoms with Crippen molar-refractivity contribution in [3.8, 4) is 5.75 Å². The third-order valence-corrected chi connectivity index (χ3v) is 7.39. The van der Waals surface area contributed by atoms with Gasteiger partial charge in [0.15, 0.2) is 0 Å². The van der Waals surface area contributed by atoms with Crippen molar-refractivity contribution < 1.29 is 27.8 Å². The Balaban J connectivity index is 1.72. The highest BCUT2D eigenvalue weighted by Gasteiger charge is 2.44. The van der Waals surface area contributed by atoms with Crippen LogP contribution >= 0.6 is 0 Å². The van der Waals surface area contributed by atoms with Crippen LogP contribution in [0.1, 0.15) is 46.0 Å². The molecule has 1 aromatic carbocycles. The van der Waals surface area contributed by atoms with Gasteiger partial charge in [-0.2, -0.15) is 4.31 Å². The van der Waals surface area contributed by atoms with Gasteiger partial charge in [0.05, 0.1) is 23.7 Å². The van der Waals surface area contributed by atoms with Crippen LogP contribution in [-0.2, 0) is 19.6 Å². The molecule has 0 bridgehead atoms. The molecule has 1 saturated carbocycles. The van der Waals surface area contributed by atoms with E-state index in [1.165, 1.54) is 44.2 Å². The van der Waals surface area contributed by atoms with Crippen LogP contribution in [0.2, 0.25) is 0 Å². The second kappa shape index (κ2) is 8.80. The van der Waals surface area contributed by atoms with Gasteiger partial charge in [-0.3, -0.25) is 4.79 Å². The number of carbonyl (C=O) groups is 1. The van der Waals surface area contributed by atoms with E-state index in [0.717, 1.165) is 4.31 Å². The highest BCUT2D eigenvalue weighted by Crippen LogP contribution is 2.28. The minimum atomic E-state index is -3.96. The largest absolute Gasteiger partial charge is 0.493 e. The number of carboxylic acid groups (broad SMARTS) is 1.